The van der Waals surface area contributed by atoms with Crippen molar-refractivity contribution in [1.82, 2.24) is 40.2 Å². The van der Waals surface area contributed by atoms with Crippen LogP contribution in [0.25, 0.3) is 11.3 Å². The van der Waals surface area contributed by atoms with Crippen molar-refractivity contribution >= 4 is 58.3 Å². The first-order chi connectivity index (χ1) is 24.5. The molecule has 1 atom stereocenters. The van der Waals surface area contributed by atoms with Gasteiger partial charge in [-0.25, -0.2) is 19.2 Å². The third-order valence-electron chi connectivity index (χ3n) is 9.39. The van der Waals surface area contributed by atoms with E-state index < -0.39 is 6.03 Å². The molecule has 0 saturated carbocycles. The highest BCUT2D eigenvalue weighted by molar-refractivity contribution is 7.18. The molecular weight excluding hydrogens is 718 g/mol. The first-order valence-corrected chi connectivity index (χ1v) is 18.1. The zero-order chi connectivity index (χ0) is 35.8. The lowest BCUT2D eigenvalue weighted by molar-refractivity contribution is -0.123. The second-order valence-electron chi connectivity index (χ2n) is 12.9. The van der Waals surface area contributed by atoms with Crippen LogP contribution in [0.2, 0.25) is 9.36 Å². The van der Waals surface area contributed by atoms with E-state index in [1.165, 1.54) is 39.7 Å². The number of halogens is 3. The van der Waals surface area contributed by atoms with Crippen molar-refractivity contribution < 1.29 is 23.6 Å². The van der Waals surface area contributed by atoms with Gasteiger partial charge in [0.15, 0.2) is 0 Å². The van der Waals surface area contributed by atoms with Gasteiger partial charge in [-0.2, -0.15) is 5.10 Å². The maximum Gasteiger partial charge on any atom is 0.342 e. The molecule has 0 radical (unpaired) electrons. The van der Waals surface area contributed by atoms with Gasteiger partial charge >= 0.3 is 6.03 Å². The second-order valence-corrected chi connectivity index (χ2v) is 15.0. The number of aromatic nitrogens is 2. The van der Waals surface area contributed by atoms with Gasteiger partial charge in [0.2, 0.25) is 5.91 Å². The molecule has 51 heavy (non-hydrogen) atoms. The second kappa shape index (κ2) is 14.7. The predicted molar refractivity (Wildman–Crippen MR) is 191 cm³/mol. The summed E-state index contributed by atoms with van der Waals surface area (Å²) in [4.78, 5) is 55.7. The van der Waals surface area contributed by atoms with Crippen molar-refractivity contribution in [2.75, 3.05) is 39.3 Å². The lowest BCUT2D eigenvalue weighted by Crippen LogP contribution is -2.56. The summed E-state index contributed by atoms with van der Waals surface area (Å²) >= 11 is 14.1. The number of hydrazine groups is 1. The molecule has 2 N–H and O–H groups in total. The molecule has 0 bridgehead atoms. The van der Waals surface area contributed by atoms with Crippen molar-refractivity contribution in [2.45, 2.75) is 32.0 Å². The molecule has 0 spiro atoms. The van der Waals surface area contributed by atoms with Gasteiger partial charge in [0.25, 0.3) is 11.8 Å². The Morgan fingerprint density at radius 3 is 2.49 bits per heavy atom. The Morgan fingerprint density at radius 2 is 1.76 bits per heavy atom. The number of imide groups is 1. The molecule has 2 fully saturated rings. The quantitative estimate of drug-likeness (QED) is 0.244. The Balaban J connectivity index is 0.977. The van der Waals surface area contributed by atoms with E-state index in [-0.39, 0.29) is 49.1 Å². The van der Waals surface area contributed by atoms with E-state index in [9.17, 15) is 23.6 Å². The van der Waals surface area contributed by atoms with Crippen LogP contribution in [0.1, 0.15) is 43.1 Å². The van der Waals surface area contributed by atoms with E-state index in [2.05, 4.69) is 25.5 Å². The van der Waals surface area contributed by atoms with Crippen molar-refractivity contribution in [3.8, 4) is 11.3 Å². The summed E-state index contributed by atoms with van der Waals surface area (Å²) < 4.78 is 16.2. The lowest BCUT2D eigenvalue weighted by atomic mass is 10.0. The number of hydrogen-bond donors (Lipinski definition) is 2. The Hall–Kier alpha value is -4.34. The zero-order valence-electron chi connectivity index (χ0n) is 27.7. The van der Waals surface area contributed by atoms with Gasteiger partial charge in [0, 0.05) is 69.9 Å². The average Bonchev–Trinajstić information content (AvgIpc) is 3.74. The van der Waals surface area contributed by atoms with E-state index in [4.69, 9.17) is 23.2 Å². The van der Waals surface area contributed by atoms with Crippen LogP contribution in [-0.2, 0) is 31.4 Å². The standard InChI is InChI=1S/C35H35Cl2FN8O4S/c1-42-31(28(36)17-39-42)27-16-29(51-32(27)37)33(48)40-25(15-21-3-2-4-24(38)14-21)20-44-11-9-43(10-12-44)18-22-5-6-26-23(13-22)19-46(34(26)49)45-8-7-30(47)41-35(45)50/h2-6,13-14,16-17,25H,7-12,15,18-20H2,1H3,(H,40,48)(H,41,47,50)/t25-/m0/s1. The van der Waals surface area contributed by atoms with Crippen LogP contribution in [0.3, 0.4) is 0 Å². The number of nitrogens with one attached hydrogen (secondary N) is 2. The third-order valence-corrected chi connectivity index (χ3v) is 11.0. The number of hydrogen-bond acceptors (Lipinski definition) is 8. The number of benzene rings is 2. The van der Waals surface area contributed by atoms with Gasteiger partial charge < -0.3 is 5.32 Å². The van der Waals surface area contributed by atoms with Crippen molar-refractivity contribution in [2.24, 2.45) is 7.05 Å². The summed E-state index contributed by atoms with van der Waals surface area (Å²) in [5, 5.41) is 12.8. The van der Waals surface area contributed by atoms with Crippen molar-refractivity contribution in [1.29, 1.82) is 0 Å². The zero-order valence-corrected chi connectivity index (χ0v) is 30.0. The average molecular weight is 754 g/mol. The maximum absolute atomic E-state index is 14.1. The summed E-state index contributed by atoms with van der Waals surface area (Å²) in [5.74, 6) is -1.20. The van der Waals surface area contributed by atoms with Crippen LogP contribution < -0.4 is 10.6 Å². The van der Waals surface area contributed by atoms with Gasteiger partial charge in [-0.3, -0.25) is 34.2 Å². The molecular formula is C35H35Cl2FN8O4S. The number of amides is 5. The minimum absolute atomic E-state index is 0.147. The fourth-order valence-corrected chi connectivity index (χ4v) is 8.31. The smallest absolute Gasteiger partial charge is 0.342 e. The minimum Gasteiger partial charge on any atom is -0.347 e. The molecule has 12 nitrogen and oxygen atoms in total. The van der Waals surface area contributed by atoms with E-state index in [0.29, 0.717) is 50.6 Å². The largest absolute Gasteiger partial charge is 0.347 e. The number of aryl methyl sites for hydroxylation is 1. The Bertz CT molecular complexity index is 1990. The van der Waals surface area contributed by atoms with Gasteiger partial charge in [0.05, 0.1) is 34.9 Å². The van der Waals surface area contributed by atoms with Crippen LogP contribution in [0.5, 0.6) is 0 Å². The molecule has 0 aliphatic carbocycles. The number of piperazine rings is 1. The monoisotopic (exact) mass is 752 g/mol. The minimum atomic E-state index is -0.584. The Kier molecular flexibility index (Phi) is 10.1. The molecule has 3 aliphatic heterocycles. The van der Waals surface area contributed by atoms with Gasteiger partial charge in [0.1, 0.15) is 10.2 Å². The van der Waals surface area contributed by atoms with Gasteiger partial charge in [-0.1, -0.05) is 47.5 Å². The summed E-state index contributed by atoms with van der Waals surface area (Å²) in [6, 6.07) is 13.0. The number of nitrogens with zero attached hydrogens (tertiary/aromatic N) is 6. The molecule has 266 valence electrons. The van der Waals surface area contributed by atoms with Crippen LogP contribution in [0, 0.1) is 5.82 Å². The molecule has 7 rings (SSSR count). The molecule has 0 unspecified atom stereocenters. The lowest BCUT2D eigenvalue weighted by Gasteiger charge is -2.36. The Labute approximate surface area is 307 Å². The molecule has 5 amide bonds. The number of thiophene rings is 1. The predicted octanol–water partition coefficient (Wildman–Crippen LogP) is 4.57. The van der Waals surface area contributed by atoms with Crippen molar-refractivity contribution in [3.63, 3.8) is 0 Å². The van der Waals surface area contributed by atoms with Gasteiger partial charge in [-0.15, -0.1) is 11.3 Å². The molecule has 2 aromatic heterocycles. The highest BCUT2D eigenvalue weighted by Crippen LogP contribution is 2.38. The SMILES string of the molecule is Cn1ncc(Cl)c1-c1cc(C(=O)N[C@@H](Cc2cccc(F)c2)CN2CCN(Cc3ccc4c(c3)CN(N3CCC(=O)NC3=O)C4=O)CC2)sc1Cl. The van der Waals surface area contributed by atoms with Crippen molar-refractivity contribution in [3.05, 3.63) is 97.0 Å². The number of fused-ring (bicyclic) bond motifs is 1. The van der Waals surface area contributed by atoms with E-state index in [0.717, 1.165) is 42.9 Å². The van der Waals surface area contributed by atoms with Crippen LogP contribution in [0.4, 0.5) is 9.18 Å². The maximum atomic E-state index is 14.1. The number of rotatable bonds is 10. The van der Waals surface area contributed by atoms with Gasteiger partial charge in [-0.05, 0) is 47.4 Å². The molecule has 2 saturated heterocycles. The van der Waals surface area contributed by atoms with E-state index >= 15 is 0 Å². The van der Waals surface area contributed by atoms with E-state index in [1.54, 1.807) is 23.9 Å². The summed E-state index contributed by atoms with van der Waals surface area (Å²) in [7, 11) is 1.76. The molecule has 4 aromatic rings. The number of carbonyl (C=O) groups is 4. The van der Waals surface area contributed by atoms with Crippen LogP contribution >= 0.6 is 34.5 Å². The number of carbonyl (C=O) groups excluding carboxylic acids is 4. The topological polar surface area (TPSA) is 123 Å². The summed E-state index contributed by atoms with van der Waals surface area (Å²) in [6.45, 7) is 4.82. The summed E-state index contributed by atoms with van der Waals surface area (Å²) in [5.41, 5.74) is 4.52. The molecule has 16 heteroatoms. The normalized spacial score (nSPS) is 17.5. The highest BCUT2D eigenvalue weighted by atomic mass is 35.5. The van der Waals surface area contributed by atoms with Crippen LogP contribution in [0.15, 0.2) is 54.7 Å². The molecule has 2 aromatic carbocycles. The number of urea groups is 1. The van der Waals surface area contributed by atoms with Crippen LogP contribution in [-0.4, -0.2) is 98.7 Å². The fraction of sp³-hybridized carbons (Fsp3) is 0.343. The third kappa shape index (κ3) is 7.65. The molecule has 3 aliphatic rings. The first-order valence-electron chi connectivity index (χ1n) is 16.5. The summed E-state index contributed by atoms with van der Waals surface area (Å²) in [6.07, 6.45) is 2.13. The molecule has 5 heterocycles. The highest BCUT2D eigenvalue weighted by Gasteiger charge is 2.37. The Morgan fingerprint density at radius 1 is 0.980 bits per heavy atom. The first kappa shape index (κ1) is 35.1. The fourth-order valence-electron chi connectivity index (χ4n) is 6.86. The van der Waals surface area contributed by atoms with E-state index in [1.807, 2.05) is 24.3 Å².